The highest BCUT2D eigenvalue weighted by Gasteiger charge is 2.12. The largest absolute Gasteiger partial charge is 0.379 e. The van der Waals surface area contributed by atoms with E-state index in [9.17, 15) is 4.79 Å². The Morgan fingerprint density at radius 1 is 1.31 bits per heavy atom. The zero-order chi connectivity index (χ0) is 20.5. The SMILES string of the molecule is Cn1c(CCNC(=O)/C=C/c2ccccc2Cl)nnc1SCCN1CCOCC1. The summed E-state index contributed by atoms with van der Waals surface area (Å²) in [6.07, 6.45) is 3.83. The van der Waals surface area contributed by atoms with Crippen molar-refractivity contribution in [2.24, 2.45) is 7.05 Å². The molecular formula is C20H26ClN5O2S. The molecule has 1 aromatic heterocycles. The molecule has 0 radical (unpaired) electrons. The predicted molar refractivity (Wildman–Crippen MR) is 116 cm³/mol. The second-order valence-electron chi connectivity index (χ2n) is 6.66. The Balaban J connectivity index is 1.39. The van der Waals surface area contributed by atoms with E-state index in [0.29, 0.717) is 18.0 Å². The maximum absolute atomic E-state index is 12.0. The third-order valence-corrected chi connectivity index (χ3v) is 5.98. The van der Waals surface area contributed by atoms with Crippen LogP contribution in [0.4, 0.5) is 0 Å². The molecule has 1 aliphatic heterocycles. The van der Waals surface area contributed by atoms with Crippen molar-refractivity contribution in [3.8, 4) is 0 Å². The summed E-state index contributed by atoms with van der Waals surface area (Å²) in [5, 5.41) is 12.9. The van der Waals surface area contributed by atoms with Gasteiger partial charge in [-0.3, -0.25) is 9.69 Å². The summed E-state index contributed by atoms with van der Waals surface area (Å²) in [4.78, 5) is 14.4. The number of nitrogens with zero attached hydrogens (tertiary/aromatic N) is 4. The van der Waals surface area contributed by atoms with Crippen molar-refractivity contribution >= 4 is 35.3 Å². The molecule has 0 unspecified atom stereocenters. The Morgan fingerprint density at radius 3 is 2.90 bits per heavy atom. The van der Waals surface area contributed by atoms with Gasteiger partial charge in [0.1, 0.15) is 5.82 Å². The molecule has 9 heteroatoms. The van der Waals surface area contributed by atoms with Crippen molar-refractivity contribution in [2.75, 3.05) is 45.1 Å². The first-order valence-electron chi connectivity index (χ1n) is 9.65. The van der Waals surface area contributed by atoms with Crippen molar-refractivity contribution in [2.45, 2.75) is 11.6 Å². The van der Waals surface area contributed by atoms with Crippen LogP contribution < -0.4 is 5.32 Å². The third kappa shape index (κ3) is 6.85. The normalized spacial score (nSPS) is 15.1. The lowest BCUT2D eigenvalue weighted by Crippen LogP contribution is -2.37. The average molecular weight is 436 g/mol. The summed E-state index contributed by atoms with van der Waals surface area (Å²) in [6.45, 7) is 5.14. The third-order valence-electron chi connectivity index (χ3n) is 4.63. The van der Waals surface area contributed by atoms with Gasteiger partial charge in [-0.05, 0) is 17.7 Å². The minimum Gasteiger partial charge on any atom is -0.379 e. The van der Waals surface area contributed by atoms with E-state index in [0.717, 1.165) is 55.1 Å². The van der Waals surface area contributed by atoms with Crippen molar-refractivity contribution in [1.29, 1.82) is 0 Å². The lowest BCUT2D eigenvalue weighted by Gasteiger charge is -2.26. The van der Waals surface area contributed by atoms with Crippen LogP contribution in [0, 0.1) is 0 Å². The van der Waals surface area contributed by atoms with E-state index in [2.05, 4.69) is 20.4 Å². The summed E-state index contributed by atoms with van der Waals surface area (Å²) >= 11 is 7.79. The maximum atomic E-state index is 12.0. The molecule has 1 fully saturated rings. The van der Waals surface area contributed by atoms with E-state index < -0.39 is 0 Å². The summed E-state index contributed by atoms with van der Waals surface area (Å²) in [5.74, 6) is 1.66. The molecule has 1 amide bonds. The Labute approximate surface area is 180 Å². The number of halogens is 1. The van der Waals surface area contributed by atoms with Crippen LogP contribution in [0.25, 0.3) is 6.08 Å². The smallest absolute Gasteiger partial charge is 0.244 e. The molecule has 1 aromatic carbocycles. The minimum atomic E-state index is -0.160. The van der Waals surface area contributed by atoms with Crippen LogP contribution in [0.1, 0.15) is 11.4 Å². The Kier molecular flexibility index (Phi) is 8.54. The van der Waals surface area contributed by atoms with Crippen molar-refractivity contribution < 1.29 is 9.53 Å². The van der Waals surface area contributed by atoms with Gasteiger partial charge in [0.15, 0.2) is 5.16 Å². The number of benzene rings is 1. The van der Waals surface area contributed by atoms with Crippen LogP contribution >= 0.6 is 23.4 Å². The number of aromatic nitrogens is 3. The van der Waals surface area contributed by atoms with Crippen molar-refractivity contribution in [3.05, 3.63) is 46.8 Å². The number of nitrogens with one attached hydrogen (secondary N) is 1. The zero-order valence-electron chi connectivity index (χ0n) is 16.5. The fraction of sp³-hybridized carbons (Fsp3) is 0.450. The summed E-state index contributed by atoms with van der Waals surface area (Å²) in [7, 11) is 1.96. The Hall–Kier alpha value is -1.87. The topological polar surface area (TPSA) is 72.3 Å². The maximum Gasteiger partial charge on any atom is 0.244 e. The van der Waals surface area contributed by atoms with Gasteiger partial charge >= 0.3 is 0 Å². The quantitative estimate of drug-likeness (QED) is 0.481. The number of hydrogen-bond donors (Lipinski definition) is 1. The number of carbonyl (C=O) groups is 1. The van der Waals surface area contributed by atoms with E-state index in [4.69, 9.17) is 16.3 Å². The van der Waals surface area contributed by atoms with Gasteiger partial charge in [-0.1, -0.05) is 41.6 Å². The highest BCUT2D eigenvalue weighted by atomic mass is 35.5. The van der Waals surface area contributed by atoms with Crippen LogP contribution in [0.5, 0.6) is 0 Å². The molecule has 29 heavy (non-hydrogen) atoms. The molecule has 0 bridgehead atoms. The van der Waals surface area contributed by atoms with Gasteiger partial charge in [0.25, 0.3) is 0 Å². The molecule has 2 aromatic rings. The number of carbonyl (C=O) groups excluding carboxylic acids is 1. The van der Waals surface area contributed by atoms with Crippen LogP contribution in [0.3, 0.4) is 0 Å². The molecule has 1 aliphatic rings. The van der Waals surface area contributed by atoms with Gasteiger partial charge in [0.05, 0.1) is 13.2 Å². The van der Waals surface area contributed by atoms with Gasteiger partial charge in [-0.15, -0.1) is 10.2 Å². The molecule has 156 valence electrons. The first kappa shape index (κ1) is 21.8. The predicted octanol–water partition coefficient (Wildman–Crippen LogP) is 2.26. The number of rotatable bonds is 9. The molecular weight excluding hydrogens is 410 g/mol. The summed E-state index contributed by atoms with van der Waals surface area (Å²) in [6, 6.07) is 7.40. The number of ether oxygens (including phenoxy) is 1. The highest BCUT2D eigenvalue weighted by molar-refractivity contribution is 7.99. The zero-order valence-corrected chi connectivity index (χ0v) is 18.1. The van der Waals surface area contributed by atoms with E-state index in [1.54, 1.807) is 23.9 Å². The molecule has 0 spiro atoms. The van der Waals surface area contributed by atoms with Gasteiger partial charge in [-0.2, -0.15) is 0 Å². The molecule has 0 aliphatic carbocycles. The van der Waals surface area contributed by atoms with Crippen LogP contribution in [-0.4, -0.2) is 70.7 Å². The first-order chi connectivity index (χ1) is 14.1. The van der Waals surface area contributed by atoms with Crippen molar-refractivity contribution in [1.82, 2.24) is 25.0 Å². The first-order valence-corrected chi connectivity index (χ1v) is 11.0. The monoisotopic (exact) mass is 435 g/mol. The fourth-order valence-corrected chi connectivity index (χ4v) is 4.04. The van der Waals surface area contributed by atoms with E-state index in [-0.39, 0.29) is 5.91 Å². The molecule has 1 N–H and O–H groups in total. The highest BCUT2D eigenvalue weighted by Crippen LogP contribution is 2.17. The van der Waals surface area contributed by atoms with Gasteiger partial charge in [-0.25, -0.2) is 0 Å². The molecule has 0 atom stereocenters. The second kappa shape index (κ2) is 11.3. The summed E-state index contributed by atoms with van der Waals surface area (Å²) in [5.41, 5.74) is 0.816. The number of amides is 1. The fourth-order valence-electron chi connectivity index (χ4n) is 2.91. The van der Waals surface area contributed by atoms with E-state index >= 15 is 0 Å². The van der Waals surface area contributed by atoms with E-state index in [1.807, 2.05) is 29.8 Å². The number of morpholine rings is 1. The summed E-state index contributed by atoms with van der Waals surface area (Å²) < 4.78 is 7.36. The molecule has 0 saturated carbocycles. The average Bonchev–Trinajstić information content (AvgIpc) is 3.08. The molecule has 2 heterocycles. The number of thioether (sulfide) groups is 1. The second-order valence-corrected chi connectivity index (χ2v) is 8.13. The lowest BCUT2D eigenvalue weighted by atomic mass is 10.2. The van der Waals surface area contributed by atoms with Crippen LogP contribution in [0.15, 0.2) is 35.5 Å². The number of hydrogen-bond acceptors (Lipinski definition) is 6. The van der Waals surface area contributed by atoms with E-state index in [1.165, 1.54) is 6.08 Å². The van der Waals surface area contributed by atoms with Crippen LogP contribution in [0.2, 0.25) is 5.02 Å². The Morgan fingerprint density at radius 2 is 2.10 bits per heavy atom. The van der Waals surface area contributed by atoms with Crippen LogP contribution in [-0.2, 0) is 23.0 Å². The standard InChI is InChI=1S/C20H26ClN5O2S/c1-25-18(23-24-20(25)29-15-12-26-10-13-28-14-11-26)8-9-22-19(27)7-6-16-4-2-3-5-17(16)21/h2-7H,8-15H2,1H3,(H,22,27)/b7-6+. The Bertz CT molecular complexity index is 836. The molecule has 7 nitrogen and oxygen atoms in total. The van der Waals surface area contributed by atoms with Gasteiger partial charge in [0, 0.05) is 56.5 Å². The van der Waals surface area contributed by atoms with Gasteiger partial charge in [0.2, 0.25) is 5.91 Å². The molecule has 3 rings (SSSR count). The van der Waals surface area contributed by atoms with Crippen molar-refractivity contribution in [3.63, 3.8) is 0 Å². The minimum absolute atomic E-state index is 0.160. The van der Waals surface area contributed by atoms with Gasteiger partial charge < -0.3 is 14.6 Å². The molecule has 1 saturated heterocycles. The lowest BCUT2D eigenvalue weighted by molar-refractivity contribution is -0.116.